The van der Waals surface area contributed by atoms with E-state index in [0.29, 0.717) is 48.6 Å². The molecule has 4 aromatic rings. The average molecular weight is 582 g/mol. The normalized spacial score (nSPS) is 14.6. The maximum atomic E-state index is 14.0. The summed E-state index contributed by atoms with van der Waals surface area (Å²) in [5.41, 5.74) is 0.0995. The number of piperidine rings is 1. The molecule has 1 aromatic carbocycles. The van der Waals surface area contributed by atoms with Crippen LogP contribution in [0.1, 0.15) is 64.7 Å². The number of nitrogens with zero attached hydrogens (tertiary/aromatic N) is 5. The molecule has 1 amide bonds. The van der Waals surface area contributed by atoms with E-state index in [2.05, 4.69) is 10.1 Å². The maximum Gasteiger partial charge on any atom is 0.410 e. The minimum Gasteiger partial charge on any atom is -0.444 e. The van der Waals surface area contributed by atoms with E-state index in [0.717, 1.165) is 16.9 Å². The zero-order chi connectivity index (χ0) is 29.1. The summed E-state index contributed by atoms with van der Waals surface area (Å²) in [5.74, 6) is 0.650. The Labute approximate surface area is 241 Å². The molecular weight excluding hydrogens is 546 g/mol. The van der Waals surface area contributed by atoms with E-state index in [1.165, 1.54) is 20.5 Å². The third kappa shape index (κ3) is 6.43. The second kappa shape index (κ2) is 12.0. The van der Waals surface area contributed by atoms with Gasteiger partial charge in [-0.3, -0.25) is 13.9 Å². The number of ether oxygens (including phenoxy) is 2. The third-order valence-electron chi connectivity index (χ3n) is 6.78. The summed E-state index contributed by atoms with van der Waals surface area (Å²) in [5, 5.41) is 3.98. The van der Waals surface area contributed by atoms with E-state index < -0.39 is 17.4 Å². The van der Waals surface area contributed by atoms with Crippen molar-refractivity contribution in [3.8, 4) is 10.4 Å². The highest BCUT2D eigenvalue weighted by molar-refractivity contribution is 7.22. The van der Waals surface area contributed by atoms with E-state index in [4.69, 9.17) is 14.0 Å². The van der Waals surface area contributed by atoms with Crippen LogP contribution in [0.2, 0.25) is 0 Å². The van der Waals surface area contributed by atoms with Crippen LogP contribution < -0.4 is 11.2 Å². The lowest BCUT2D eigenvalue weighted by molar-refractivity contribution is 0.0186. The number of fused-ring (bicyclic) bond motifs is 1. The van der Waals surface area contributed by atoms with Gasteiger partial charge in [0.05, 0.1) is 5.52 Å². The van der Waals surface area contributed by atoms with Crippen molar-refractivity contribution in [2.75, 3.05) is 19.7 Å². The van der Waals surface area contributed by atoms with Gasteiger partial charge >= 0.3 is 11.8 Å². The number of carbonyl (C=O) groups excluding carboxylic acids is 1. The van der Waals surface area contributed by atoms with Crippen molar-refractivity contribution < 1.29 is 18.8 Å². The van der Waals surface area contributed by atoms with Gasteiger partial charge in [-0.05, 0) is 51.7 Å². The van der Waals surface area contributed by atoms with E-state index in [9.17, 15) is 14.4 Å². The molecule has 1 aliphatic heterocycles. The summed E-state index contributed by atoms with van der Waals surface area (Å²) in [6.07, 6.45) is 1.39. The summed E-state index contributed by atoms with van der Waals surface area (Å²) in [7, 11) is 0. The van der Waals surface area contributed by atoms with E-state index in [1.807, 2.05) is 64.1 Å². The standard InChI is InChI=1S/C29H35N5O6S/c1-5-15-38-18-23-30-24(40-31-23)17-33-21-16-22(19-9-7-6-8-10-19)41-25(21)26(35)34(27(33)36)20-11-13-32(14-12-20)28(37)39-29(2,3)4/h6-10,16,20H,5,11-15,17-18H2,1-4H3. The maximum absolute atomic E-state index is 14.0. The predicted octanol–water partition coefficient (Wildman–Crippen LogP) is 4.82. The first-order chi connectivity index (χ1) is 19.6. The Balaban J connectivity index is 1.50. The smallest absolute Gasteiger partial charge is 0.410 e. The van der Waals surface area contributed by atoms with Crippen LogP contribution in [0.15, 0.2) is 50.5 Å². The van der Waals surface area contributed by atoms with E-state index >= 15 is 0 Å². The number of aromatic nitrogens is 4. The van der Waals surface area contributed by atoms with Crippen LogP contribution in [-0.2, 0) is 22.6 Å². The summed E-state index contributed by atoms with van der Waals surface area (Å²) >= 11 is 1.35. The van der Waals surface area contributed by atoms with Crippen molar-refractivity contribution in [3.05, 3.63) is 69.0 Å². The molecule has 0 N–H and O–H groups in total. The number of hydrogen-bond acceptors (Lipinski definition) is 9. The molecule has 1 aliphatic rings. The molecule has 0 unspecified atom stereocenters. The van der Waals surface area contributed by atoms with Gasteiger partial charge in [-0.2, -0.15) is 4.98 Å². The van der Waals surface area contributed by atoms with Crippen molar-refractivity contribution >= 4 is 27.6 Å². The number of hydrogen-bond donors (Lipinski definition) is 0. The molecule has 0 bridgehead atoms. The fraction of sp³-hybridized carbons (Fsp3) is 0.483. The molecular formula is C29H35N5O6S. The van der Waals surface area contributed by atoms with Crippen LogP contribution in [0.25, 0.3) is 20.7 Å². The zero-order valence-electron chi connectivity index (χ0n) is 23.8. The fourth-order valence-electron chi connectivity index (χ4n) is 4.87. The molecule has 41 heavy (non-hydrogen) atoms. The first kappa shape index (κ1) is 28.7. The van der Waals surface area contributed by atoms with Gasteiger partial charge in [0.1, 0.15) is 23.5 Å². The number of rotatable bonds is 8. The van der Waals surface area contributed by atoms with Crippen LogP contribution in [0.4, 0.5) is 4.79 Å². The lowest BCUT2D eigenvalue weighted by atomic mass is 10.1. The van der Waals surface area contributed by atoms with E-state index in [1.54, 1.807) is 4.90 Å². The molecule has 1 fully saturated rings. The van der Waals surface area contributed by atoms with Crippen molar-refractivity contribution in [1.29, 1.82) is 0 Å². The van der Waals surface area contributed by atoms with Crippen LogP contribution >= 0.6 is 11.3 Å². The molecule has 0 spiro atoms. The van der Waals surface area contributed by atoms with Crippen molar-refractivity contribution in [2.45, 2.75) is 71.8 Å². The van der Waals surface area contributed by atoms with Crippen molar-refractivity contribution in [3.63, 3.8) is 0 Å². The second-order valence-electron chi connectivity index (χ2n) is 11.1. The molecule has 11 nitrogen and oxygen atoms in total. The van der Waals surface area contributed by atoms with Gasteiger partial charge in [0.2, 0.25) is 5.89 Å². The Bertz CT molecular complexity index is 1620. The average Bonchev–Trinajstić information content (AvgIpc) is 3.59. The van der Waals surface area contributed by atoms with E-state index in [-0.39, 0.29) is 30.6 Å². The first-order valence-electron chi connectivity index (χ1n) is 13.9. The summed E-state index contributed by atoms with van der Waals surface area (Å²) in [4.78, 5) is 47.3. The van der Waals surface area contributed by atoms with Crippen molar-refractivity contribution in [2.24, 2.45) is 0 Å². The van der Waals surface area contributed by atoms with Crippen molar-refractivity contribution in [1.82, 2.24) is 24.2 Å². The summed E-state index contributed by atoms with van der Waals surface area (Å²) in [6.45, 7) is 9.06. The summed E-state index contributed by atoms with van der Waals surface area (Å²) in [6, 6.07) is 11.2. The van der Waals surface area contributed by atoms with Gasteiger partial charge in [-0.25, -0.2) is 9.59 Å². The minimum atomic E-state index is -0.601. The number of thiophene rings is 1. The lowest BCUT2D eigenvalue weighted by Crippen LogP contribution is -2.47. The van der Waals surface area contributed by atoms with Gasteiger partial charge in [0, 0.05) is 30.6 Å². The molecule has 0 atom stereocenters. The fourth-order valence-corrected chi connectivity index (χ4v) is 5.98. The zero-order valence-corrected chi connectivity index (χ0v) is 24.6. The van der Waals surface area contributed by atoms with Gasteiger partial charge < -0.3 is 18.9 Å². The van der Waals surface area contributed by atoms with Gasteiger partial charge in [0.15, 0.2) is 5.82 Å². The molecule has 4 heterocycles. The number of benzene rings is 1. The van der Waals surface area contributed by atoms with Gasteiger partial charge in [0.25, 0.3) is 5.56 Å². The molecule has 3 aromatic heterocycles. The van der Waals surface area contributed by atoms with Crippen LogP contribution in [0, 0.1) is 0 Å². The lowest BCUT2D eigenvalue weighted by Gasteiger charge is -2.33. The monoisotopic (exact) mass is 581 g/mol. The van der Waals surface area contributed by atoms with Crippen LogP contribution in [0.5, 0.6) is 0 Å². The Kier molecular flexibility index (Phi) is 8.41. The molecule has 0 aliphatic carbocycles. The van der Waals surface area contributed by atoms with Crippen LogP contribution in [0.3, 0.4) is 0 Å². The highest BCUT2D eigenvalue weighted by Crippen LogP contribution is 2.32. The van der Waals surface area contributed by atoms with Gasteiger partial charge in [-0.1, -0.05) is 42.4 Å². The largest absolute Gasteiger partial charge is 0.444 e. The molecule has 0 radical (unpaired) electrons. The highest BCUT2D eigenvalue weighted by atomic mass is 32.1. The first-order valence-corrected chi connectivity index (χ1v) is 14.7. The number of likely N-dealkylation sites (tertiary alicyclic amines) is 1. The third-order valence-corrected chi connectivity index (χ3v) is 7.94. The predicted molar refractivity (Wildman–Crippen MR) is 155 cm³/mol. The number of carbonyl (C=O) groups is 1. The molecule has 5 rings (SSSR count). The van der Waals surface area contributed by atoms with Gasteiger partial charge in [-0.15, -0.1) is 11.3 Å². The molecule has 12 heteroatoms. The Hall–Kier alpha value is -3.77. The molecule has 1 saturated heterocycles. The number of amides is 1. The Morgan fingerprint density at radius 1 is 1.15 bits per heavy atom. The minimum absolute atomic E-state index is 0.0120. The molecule has 0 saturated carbocycles. The second-order valence-corrected chi connectivity index (χ2v) is 12.1. The molecule has 218 valence electrons. The highest BCUT2D eigenvalue weighted by Gasteiger charge is 2.30. The Morgan fingerprint density at radius 3 is 2.56 bits per heavy atom. The quantitative estimate of drug-likeness (QED) is 0.272. The summed E-state index contributed by atoms with van der Waals surface area (Å²) < 4.78 is 19.8. The SMILES string of the molecule is CCCOCc1noc(Cn2c(=O)n(C3CCN(C(=O)OC(C)(C)C)CC3)c(=O)c3sc(-c4ccccc4)cc32)n1. The topological polar surface area (TPSA) is 122 Å². The van der Waals surface area contributed by atoms with Crippen LogP contribution in [-0.4, -0.2) is 55.6 Å². The Morgan fingerprint density at radius 2 is 1.88 bits per heavy atom.